The summed E-state index contributed by atoms with van der Waals surface area (Å²) < 4.78 is 11.7. The van der Waals surface area contributed by atoms with E-state index < -0.39 is 0 Å². The average Bonchev–Trinajstić information content (AvgIpc) is 2.41. The Morgan fingerprint density at radius 3 is 2.28 bits per heavy atom. The Balaban J connectivity index is 2.22. The van der Waals surface area contributed by atoms with Crippen molar-refractivity contribution < 1.29 is 9.47 Å². The van der Waals surface area contributed by atoms with Crippen molar-refractivity contribution in [3.8, 4) is 11.5 Å². The number of rotatable bonds is 4. The van der Waals surface area contributed by atoms with Crippen LogP contribution in [0, 0.1) is 3.57 Å². The molecule has 0 saturated heterocycles. The van der Waals surface area contributed by atoms with Gasteiger partial charge in [-0.15, -0.1) is 0 Å². The molecular weight excluding hydrogens is 359 g/mol. The Bertz CT molecular complexity index is 526. The smallest absolute Gasteiger partial charge is 0.133 e. The van der Waals surface area contributed by atoms with Gasteiger partial charge in [0.15, 0.2) is 0 Å². The molecule has 2 aromatic rings. The van der Waals surface area contributed by atoms with Crippen LogP contribution >= 0.6 is 34.4 Å². The summed E-state index contributed by atoms with van der Waals surface area (Å²) in [5.41, 5.74) is 0. The van der Waals surface area contributed by atoms with E-state index in [-0.39, 0.29) is 0 Å². The highest BCUT2D eigenvalue weighted by atomic mass is 127. The molecule has 2 rings (SSSR count). The largest absolute Gasteiger partial charge is 0.497 e. The summed E-state index contributed by atoms with van der Waals surface area (Å²) in [5.74, 6) is 1.77. The maximum absolute atomic E-state index is 5.39. The molecule has 0 heterocycles. The maximum Gasteiger partial charge on any atom is 0.133 e. The van der Waals surface area contributed by atoms with E-state index in [1.54, 1.807) is 26.0 Å². The normalized spacial score (nSPS) is 10.2. The molecular formula is C14H13IO2S. The average molecular weight is 372 g/mol. The quantitative estimate of drug-likeness (QED) is 0.739. The molecule has 18 heavy (non-hydrogen) atoms. The van der Waals surface area contributed by atoms with Gasteiger partial charge in [0.2, 0.25) is 0 Å². The van der Waals surface area contributed by atoms with E-state index in [1.165, 1.54) is 3.57 Å². The van der Waals surface area contributed by atoms with Crippen molar-refractivity contribution in [2.24, 2.45) is 0 Å². The SMILES string of the molecule is COc1ccc(Sc2ccc(I)cc2OC)cc1. The summed E-state index contributed by atoms with van der Waals surface area (Å²) in [6.07, 6.45) is 0. The monoisotopic (exact) mass is 372 g/mol. The van der Waals surface area contributed by atoms with Crippen molar-refractivity contribution >= 4 is 34.4 Å². The van der Waals surface area contributed by atoms with Crippen LogP contribution in [0.4, 0.5) is 0 Å². The van der Waals surface area contributed by atoms with Gasteiger partial charge in [0.05, 0.1) is 19.1 Å². The Kier molecular flexibility index (Phi) is 4.77. The van der Waals surface area contributed by atoms with Gasteiger partial charge in [0.1, 0.15) is 11.5 Å². The lowest BCUT2D eigenvalue weighted by molar-refractivity contribution is 0.404. The van der Waals surface area contributed by atoms with Crippen molar-refractivity contribution in [3.05, 3.63) is 46.0 Å². The fourth-order valence-corrected chi connectivity index (χ4v) is 2.86. The van der Waals surface area contributed by atoms with Gasteiger partial charge >= 0.3 is 0 Å². The Hall–Kier alpha value is -0.880. The molecule has 0 radical (unpaired) electrons. The first kappa shape index (κ1) is 13.5. The molecule has 0 amide bonds. The van der Waals surface area contributed by atoms with Crippen molar-refractivity contribution in [1.82, 2.24) is 0 Å². The third kappa shape index (κ3) is 3.32. The van der Waals surface area contributed by atoms with Crippen molar-refractivity contribution in [1.29, 1.82) is 0 Å². The molecule has 2 aromatic carbocycles. The number of hydrogen-bond donors (Lipinski definition) is 0. The minimum Gasteiger partial charge on any atom is -0.497 e. The van der Waals surface area contributed by atoms with Crippen LogP contribution in [-0.4, -0.2) is 14.2 Å². The first-order chi connectivity index (χ1) is 8.72. The van der Waals surface area contributed by atoms with Gasteiger partial charge in [-0.05, 0) is 65.1 Å². The molecule has 2 nitrogen and oxygen atoms in total. The summed E-state index contributed by atoms with van der Waals surface area (Å²) in [6, 6.07) is 14.2. The van der Waals surface area contributed by atoms with Gasteiger partial charge in [-0.3, -0.25) is 0 Å². The third-order valence-electron chi connectivity index (χ3n) is 2.41. The molecule has 0 aliphatic heterocycles. The van der Waals surface area contributed by atoms with E-state index >= 15 is 0 Å². The molecule has 0 atom stereocenters. The van der Waals surface area contributed by atoms with Crippen LogP contribution in [0.15, 0.2) is 52.3 Å². The zero-order valence-corrected chi connectivity index (χ0v) is 13.1. The number of halogens is 1. The molecule has 0 bridgehead atoms. The number of methoxy groups -OCH3 is 2. The Morgan fingerprint density at radius 1 is 0.944 bits per heavy atom. The highest BCUT2D eigenvalue weighted by Crippen LogP contribution is 2.36. The van der Waals surface area contributed by atoms with E-state index in [2.05, 4.69) is 34.7 Å². The number of benzene rings is 2. The zero-order chi connectivity index (χ0) is 13.0. The summed E-state index contributed by atoms with van der Waals surface area (Å²) in [7, 11) is 3.37. The molecule has 0 aliphatic carbocycles. The number of hydrogen-bond acceptors (Lipinski definition) is 3. The second-order valence-electron chi connectivity index (χ2n) is 3.57. The van der Waals surface area contributed by atoms with E-state index in [9.17, 15) is 0 Å². The van der Waals surface area contributed by atoms with Crippen LogP contribution in [0.3, 0.4) is 0 Å². The van der Waals surface area contributed by atoms with E-state index in [4.69, 9.17) is 9.47 Å². The molecule has 0 N–H and O–H groups in total. The second-order valence-corrected chi connectivity index (χ2v) is 5.93. The molecule has 94 valence electrons. The van der Waals surface area contributed by atoms with E-state index in [0.717, 1.165) is 21.3 Å². The first-order valence-electron chi connectivity index (χ1n) is 5.38. The van der Waals surface area contributed by atoms with E-state index in [0.29, 0.717) is 0 Å². The predicted molar refractivity (Wildman–Crippen MR) is 82.8 cm³/mol. The fourth-order valence-electron chi connectivity index (χ4n) is 1.50. The van der Waals surface area contributed by atoms with Gasteiger partial charge < -0.3 is 9.47 Å². The molecule has 0 saturated carbocycles. The number of ether oxygens (including phenoxy) is 2. The van der Waals surface area contributed by atoms with Crippen LogP contribution in [0.5, 0.6) is 11.5 Å². The Morgan fingerprint density at radius 2 is 1.67 bits per heavy atom. The van der Waals surface area contributed by atoms with Crippen molar-refractivity contribution in [3.63, 3.8) is 0 Å². The summed E-state index contributed by atoms with van der Waals surface area (Å²) in [5, 5.41) is 0. The van der Waals surface area contributed by atoms with E-state index in [1.807, 2.05) is 30.3 Å². The van der Waals surface area contributed by atoms with Crippen LogP contribution in [0.2, 0.25) is 0 Å². The minimum absolute atomic E-state index is 0.869. The predicted octanol–water partition coefficient (Wildman–Crippen LogP) is 4.46. The van der Waals surface area contributed by atoms with Gasteiger partial charge in [0.25, 0.3) is 0 Å². The van der Waals surface area contributed by atoms with Gasteiger partial charge in [0, 0.05) is 8.47 Å². The highest BCUT2D eigenvalue weighted by molar-refractivity contribution is 14.1. The Labute approximate surface area is 125 Å². The fraction of sp³-hybridized carbons (Fsp3) is 0.143. The molecule has 0 aliphatic rings. The zero-order valence-electron chi connectivity index (χ0n) is 10.1. The lowest BCUT2D eigenvalue weighted by Gasteiger charge is -2.09. The summed E-state index contributed by atoms with van der Waals surface area (Å²) in [6.45, 7) is 0. The maximum atomic E-state index is 5.39. The first-order valence-corrected chi connectivity index (χ1v) is 7.28. The second kappa shape index (κ2) is 6.33. The summed E-state index contributed by atoms with van der Waals surface area (Å²) in [4.78, 5) is 2.28. The lowest BCUT2D eigenvalue weighted by Crippen LogP contribution is -1.87. The minimum atomic E-state index is 0.869. The van der Waals surface area contributed by atoms with Crippen LogP contribution in [-0.2, 0) is 0 Å². The molecule has 0 fully saturated rings. The van der Waals surface area contributed by atoms with Gasteiger partial charge in [-0.25, -0.2) is 0 Å². The van der Waals surface area contributed by atoms with Gasteiger partial charge in [-0.2, -0.15) is 0 Å². The van der Waals surface area contributed by atoms with Crippen LogP contribution < -0.4 is 9.47 Å². The summed E-state index contributed by atoms with van der Waals surface area (Å²) >= 11 is 3.96. The molecule has 0 spiro atoms. The van der Waals surface area contributed by atoms with Crippen LogP contribution in [0.1, 0.15) is 0 Å². The standard InChI is InChI=1S/C14H13IO2S/c1-16-11-4-6-12(7-5-11)18-14-8-3-10(15)9-13(14)17-2/h3-9H,1-2H3. The lowest BCUT2D eigenvalue weighted by atomic mass is 10.3. The molecule has 4 heteroatoms. The van der Waals surface area contributed by atoms with Gasteiger partial charge in [-0.1, -0.05) is 11.8 Å². The molecule has 0 unspecified atom stereocenters. The van der Waals surface area contributed by atoms with Crippen molar-refractivity contribution in [2.75, 3.05) is 14.2 Å². The highest BCUT2D eigenvalue weighted by Gasteiger charge is 2.05. The third-order valence-corrected chi connectivity index (χ3v) is 4.15. The topological polar surface area (TPSA) is 18.5 Å². The van der Waals surface area contributed by atoms with Crippen LogP contribution in [0.25, 0.3) is 0 Å². The molecule has 0 aromatic heterocycles. The van der Waals surface area contributed by atoms with Crippen molar-refractivity contribution in [2.45, 2.75) is 9.79 Å².